The molecular formula is C17H18N2O. The van der Waals surface area contributed by atoms with Crippen LogP contribution in [0.15, 0.2) is 54.6 Å². The minimum atomic E-state index is 0.145. The Hall–Kier alpha value is -2.13. The topological polar surface area (TPSA) is 32.3 Å². The molecule has 3 heteroatoms. The van der Waals surface area contributed by atoms with E-state index in [1.54, 1.807) is 0 Å². The fraction of sp³-hybridized carbons (Fsp3) is 0.235. The predicted molar refractivity (Wildman–Crippen MR) is 80.9 cm³/mol. The summed E-state index contributed by atoms with van der Waals surface area (Å²) in [6, 6.07) is 18.7. The first kappa shape index (κ1) is 12.9. The van der Waals surface area contributed by atoms with E-state index in [9.17, 15) is 4.79 Å². The highest BCUT2D eigenvalue weighted by Crippen LogP contribution is 2.18. The first-order valence-electron chi connectivity index (χ1n) is 6.97. The van der Waals surface area contributed by atoms with Crippen LogP contribution in [0.1, 0.15) is 11.1 Å². The molecule has 0 spiro atoms. The first-order chi connectivity index (χ1) is 9.83. The number of anilines is 1. The minimum absolute atomic E-state index is 0.145. The Labute approximate surface area is 119 Å². The Morgan fingerprint density at radius 2 is 1.65 bits per heavy atom. The Kier molecular flexibility index (Phi) is 3.79. The summed E-state index contributed by atoms with van der Waals surface area (Å²) >= 11 is 0. The molecule has 102 valence electrons. The first-order valence-corrected chi connectivity index (χ1v) is 6.97. The normalized spacial score (nSPS) is 15.4. The van der Waals surface area contributed by atoms with Gasteiger partial charge in [0.2, 0.25) is 5.91 Å². The molecule has 1 fully saturated rings. The van der Waals surface area contributed by atoms with Gasteiger partial charge in [-0.05, 0) is 29.7 Å². The third-order valence-corrected chi connectivity index (χ3v) is 3.59. The van der Waals surface area contributed by atoms with Crippen LogP contribution in [0, 0.1) is 0 Å². The van der Waals surface area contributed by atoms with E-state index in [-0.39, 0.29) is 5.91 Å². The maximum absolute atomic E-state index is 11.8. The molecule has 3 nitrogen and oxygen atoms in total. The Morgan fingerprint density at radius 1 is 0.950 bits per heavy atom. The minimum Gasteiger partial charge on any atom is -0.310 e. The van der Waals surface area contributed by atoms with E-state index < -0.39 is 0 Å². The third-order valence-electron chi connectivity index (χ3n) is 3.59. The lowest BCUT2D eigenvalue weighted by Gasteiger charge is -2.27. The third kappa shape index (κ3) is 2.89. The molecule has 0 radical (unpaired) electrons. The van der Waals surface area contributed by atoms with E-state index >= 15 is 0 Å². The largest absolute Gasteiger partial charge is 0.310 e. The van der Waals surface area contributed by atoms with E-state index in [2.05, 4.69) is 41.7 Å². The van der Waals surface area contributed by atoms with Crippen molar-refractivity contribution in [2.45, 2.75) is 6.42 Å². The van der Waals surface area contributed by atoms with Gasteiger partial charge >= 0.3 is 0 Å². The molecule has 0 aliphatic carbocycles. The van der Waals surface area contributed by atoms with Gasteiger partial charge < -0.3 is 10.2 Å². The van der Waals surface area contributed by atoms with Gasteiger partial charge in [0, 0.05) is 18.8 Å². The van der Waals surface area contributed by atoms with Crippen molar-refractivity contribution < 1.29 is 4.79 Å². The van der Waals surface area contributed by atoms with Gasteiger partial charge in [0.05, 0.1) is 6.54 Å². The number of benzene rings is 2. The number of piperazine rings is 1. The monoisotopic (exact) mass is 266 g/mol. The van der Waals surface area contributed by atoms with Crippen molar-refractivity contribution in [3.8, 4) is 0 Å². The summed E-state index contributed by atoms with van der Waals surface area (Å²) in [5.41, 5.74) is 3.56. The molecule has 0 atom stereocenters. The van der Waals surface area contributed by atoms with E-state index in [4.69, 9.17) is 0 Å². The summed E-state index contributed by atoms with van der Waals surface area (Å²) < 4.78 is 0. The lowest BCUT2D eigenvalue weighted by molar-refractivity contribution is -0.118. The van der Waals surface area contributed by atoms with E-state index in [0.29, 0.717) is 6.54 Å². The second kappa shape index (κ2) is 5.88. The number of carbonyl (C=O) groups excluding carboxylic acids is 1. The standard InChI is InChI=1S/C17H18N2O/c20-17-13-18-10-11-19(17)16-8-6-15(7-9-16)12-14-4-2-1-3-5-14/h1-9,18H,10-13H2. The molecule has 1 heterocycles. The van der Waals surface area contributed by atoms with Crippen molar-refractivity contribution in [1.29, 1.82) is 0 Å². The molecule has 0 bridgehead atoms. The van der Waals surface area contributed by atoms with Gasteiger partial charge in [-0.2, -0.15) is 0 Å². The quantitative estimate of drug-likeness (QED) is 0.924. The van der Waals surface area contributed by atoms with Gasteiger partial charge in [-0.3, -0.25) is 4.79 Å². The molecule has 1 aliphatic rings. The molecule has 20 heavy (non-hydrogen) atoms. The number of nitrogens with one attached hydrogen (secondary N) is 1. The van der Waals surface area contributed by atoms with Crippen molar-refractivity contribution in [3.05, 3.63) is 65.7 Å². The van der Waals surface area contributed by atoms with E-state index in [1.165, 1.54) is 11.1 Å². The van der Waals surface area contributed by atoms with Crippen LogP contribution in [0.3, 0.4) is 0 Å². The SMILES string of the molecule is O=C1CNCCN1c1ccc(Cc2ccccc2)cc1. The molecule has 0 unspecified atom stereocenters. The highest BCUT2D eigenvalue weighted by Gasteiger charge is 2.18. The van der Waals surface area contributed by atoms with Crippen molar-refractivity contribution in [1.82, 2.24) is 5.32 Å². The summed E-state index contributed by atoms with van der Waals surface area (Å²) in [5.74, 6) is 0.145. The van der Waals surface area contributed by atoms with Crippen LogP contribution >= 0.6 is 0 Å². The van der Waals surface area contributed by atoms with Crippen LogP contribution in [-0.2, 0) is 11.2 Å². The van der Waals surface area contributed by atoms with E-state index in [1.807, 2.05) is 23.1 Å². The molecule has 2 aromatic carbocycles. The summed E-state index contributed by atoms with van der Waals surface area (Å²) in [5, 5.41) is 3.09. The van der Waals surface area contributed by atoms with Crippen molar-refractivity contribution >= 4 is 11.6 Å². The van der Waals surface area contributed by atoms with Crippen molar-refractivity contribution in [2.24, 2.45) is 0 Å². The van der Waals surface area contributed by atoms with Gasteiger partial charge in [0.25, 0.3) is 0 Å². The molecule has 2 aromatic rings. The zero-order valence-corrected chi connectivity index (χ0v) is 11.4. The van der Waals surface area contributed by atoms with Crippen molar-refractivity contribution in [2.75, 3.05) is 24.5 Å². The second-order valence-electron chi connectivity index (χ2n) is 5.05. The fourth-order valence-corrected chi connectivity index (χ4v) is 2.50. The fourth-order valence-electron chi connectivity index (χ4n) is 2.50. The van der Waals surface area contributed by atoms with Gasteiger partial charge in [-0.1, -0.05) is 42.5 Å². The summed E-state index contributed by atoms with van der Waals surface area (Å²) in [4.78, 5) is 13.7. The Bertz CT molecular complexity index is 578. The number of rotatable bonds is 3. The maximum Gasteiger partial charge on any atom is 0.240 e. The van der Waals surface area contributed by atoms with Crippen molar-refractivity contribution in [3.63, 3.8) is 0 Å². The van der Waals surface area contributed by atoms with Crippen LogP contribution in [-0.4, -0.2) is 25.5 Å². The summed E-state index contributed by atoms with van der Waals surface area (Å²) in [7, 11) is 0. The second-order valence-corrected chi connectivity index (χ2v) is 5.05. The molecule has 1 aliphatic heterocycles. The Morgan fingerprint density at radius 3 is 2.35 bits per heavy atom. The van der Waals surface area contributed by atoms with Gasteiger partial charge in [0.15, 0.2) is 0 Å². The zero-order valence-electron chi connectivity index (χ0n) is 11.4. The van der Waals surface area contributed by atoms with Gasteiger partial charge in [-0.25, -0.2) is 0 Å². The van der Waals surface area contributed by atoms with Crippen LogP contribution in [0.25, 0.3) is 0 Å². The van der Waals surface area contributed by atoms with Gasteiger partial charge in [-0.15, -0.1) is 0 Å². The molecular weight excluding hydrogens is 248 g/mol. The highest BCUT2D eigenvalue weighted by molar-refractivity contribution is 5.95. The lowest BCUT2D eigenvalue weighted by atomic mass is 10.0. The summed E-state index contributed by atoms with van der Waals surface area (Å²) in [6.07, 6.45) is 0.927. The number of carbonyl (C=O) groups is 1. The molecule has 0 aromatic heterocycles. The van der Waals surface area contributed by atoms with Crippen LogP contribution in [0.2, 0.25) is 0 Å². The zero-order chi connectivity index (χ0) is 13.8. The highest BCUT2D eigenvalue weighted by atomic mass is 16.2. The molecule has 1 N–H and O–H groups in total. The molecule has 3 rings (SSSR count). The maximum atomic E-state index is 11.8. The lowest BCUT2D eigenvalue weighted by Crippen LogP contribution is -2.48. The van der Waals surface area contributed by atoms with Crippen LogP contribution in [0.4, 0.5) is 5.69 Å². The van der Waals surface area contributed by atoms with Crippen LogP contribution < -0.4 is 10.2 Å². The van der Waals surface area contributed by atoms with E-state index in [0.717, 1.165) is 25.2 Å². The number of amides is 1. The van der Waals surface area contributed by atoms with Gasteiger partial charge in [0.1, 0.15) is 0 Å². The number of hydrogen-bond acceptors (Lipinski definition) is 2. The molecule has 0 saturated carbocycles. The van der Waals surface area contributed by atoms with Crippen LogP contribution in [0.5, 0.6) is 0 Å². The molecule has 1 amide bonds. The number of hydrogen-bond donors (Lipinski definition) is 1. The average molecular weight is 266 g/mol. The smallest absolute Gasteiger partial charge is 0.240 e. The molecule has 1 saturated heterocycles. The Balaban J connectivity index is 1.72. The number of nitrogens with zero attached hydrogens (tertiary/aromatic N) is 1. The summed E-state index contributed by atoms with van der Waals surface area (Å²) in [6.45, 7) is 2.04. The average Bonchev–Trinajstić information content (AvgIpc) is 2.50. The predicted octanol–water partition coefficient (Wildman–Crippen LogP) is 2.21.